The molecule has 1 fully saturated rings. The minimum atomic E-state index is -0.849. The number of aliphatic carboxylic acids is 1. The zero-order valence-corrected chi connectivity index (χ0v) is 28.8. The van der Waals surface area contributed by atoms with Crippen molar-refractivity contribution in [1.82, 2.24) is 10.2 Å². The molecule has 0 saturated carbocycles. The molecule has 9 nitrogen and oxygen atoms in total. The maximum Gasteiger partial charge on any atom is 0.303 e. The Balaban J connectivity index is 1.29. The summed E-state index contributed by atoms with van der Waals surface area (Å²) < 4.78 is 13.2. The zero-order chi connectivity index (χ0) is 35.5. The van der Waals surface area contributed by atoms with Gasteiger partial charge in [-0.1, -0.05) is 103 Å². The van der Waals surface area contributed by atoms with Crippen LogP contribution in [0.15, 0.2) is 103 Å². The molecule has 9 heteroatoms. The Morgan fingerprint density at radius 3 is 2.22 bits per heavy atom. The number of nitrogens with zero attached hydrogens (tertiary/aromatic N) is 1. The van der Waals surface area contributed by atoms with E-state index < -0.39 is 18.4 Å². The maximum absolute atomic E-state index is 12.4. The van der Waals surface area contributed by atoms with Crippen LogP contribution in [0.2, 0.25) is 0 Å². The standard InChI is InChI=1S/C41H48N2O7/c1-28(40(48)32-10-4-3-5-11-32)43(2)26-35-24-37(31-18-16-29(27-44)17-19-31)50-41(49-35)33-22-20-30(21-23-33)36-13-7-6-12-34(36)25-42-38(45)14-8-9-15-39(46)47/h3-7,10-13,16-23,28,35,37,40-41,44,48H,8-9,14-15,24-27H2,1-2H3,(H,42,45)(H,46,47)/t28-,35-,37+,40-,41+/m0/s1. The molecule has 0 unspecified atom stereocenters. The molecule has 4 aromatic carbocycles. The lowest BCUT2D eigenvalue weighted by molar-refractivity contribution is -0.253. The largest absolute Gasteiger partial charge is 0.481 e. The van der Waals surface area contributed by atoms with Crippen molar-refractivity contribution in [1.29, 1.82) is 0 Å². The van der Waals surface area contributed by atoms with E-state index in [2.05, 4.69) is 10.2 Å². The van der Waals surface area contributed by atoms with Crippen LogP contribution in [0, 0.1) is 0 Å². The summed E-state index contributed by atoms with van der Waals surface area (Å²) in [6.07, 6.45) is 0.318. The predicted octanol–water partition coefficient (Wildman–Crippen LogP) is 6.71. The molecule has 1 aliphatic heterocycles. The number of carbonyl (C=O) groups excluding carboxylic acids is 1. The van der Waals surface area contributed by atoms with Crippen LogP contribution in [0.25, 0.3) is 11.1 Å². The number of hydrogen-bond acceptors (Lipinski definition) is 7. The van der Waals surface area contributed by atoms with Gasteiger partial charge in [0, 0.05) is 44.0 Å². The van der Waals surface area contributed by atoms with Crippen LogP contribution in [0.5, 0.6) is 0 Å². The summed E-state index contributed by atoms with van der Waals surface area (Å²) in [7, 11) is 2.00. The summed E-state index contributed by atoms with van der Waals surface area (Å²) >= 11 is 0. The lowest BCUT2D eigenvalue weighted by Crippen LogP contribution is -2.43. The molecule has 264 valence electrons. The summed E-state index contributed by atoms with van der Waals surface area (Å²) in [6, 6.07) is 33.4. The number of carboxylic acids is 1. The molecule has 50 heavy (non-hydrogen) atoms. The Bertz CT molecular complexity index is 1660. The molecule has 1 saturated heterocycles. The minimum absolute atomic E-state index is 0.0248. The molecule has 4 N–H and O–H groups in total. The number of rotatable bonds is 16. The van der Waals surface area contributed by atoms with Gasteiger partial charge in [0.15, 0.2) is 6.29 Å². The Morgan fingerprint density at radius 1 is 0.860 bits per heavy atom. The van der Waals surface area contributed by atoms with Crippen LogP contribution in [0.4, 0.5) is 0 Å². The Labute approximate surface area is 294 Å². The van der Waals surface area contributed by atoms with Gasteiger partial charge in [0.05, 0.1) is 24.9 Å². The van der Waals surface area contributed by atoms with Gasteiger partial charge in [-0.3, -0.25) is 14.5 Å². The number of nitrogens with one attached hydrogen (secondary N) is 1. The van der Waals surface area contributed by atoms with Gasteiger partial charge >= 0.3 is 5.97 Å². The number of unbranched alkanes of at least 4 members (excludes halogenated alkanes) is 1. The first kappa shape index (κ1) is 36.9. The van der Waals surface area contributed by atoms with Gasteiger partial charge in [-0.25, -0.2) is 0 Å². The molecule has 1 heterocycles. The quantitative estimate of drug-likeness (QED) is 0.0963. The molecular weight excluding hydrogens is 632 g/mol. The summed E-state index contributed by atoms with van der Waals surface area (Å²) in [5, 5.41) is 32.4. The molecular formula is C41H48N2O7. The molecule has 0 radical (unpaired) electrons. The van der Waals surface area contributed by atoms with Gasteiger partial charge in [-0.15, -0.1) is 0 Å². The number of carboxylic acid groups (broad SMARTS) is 1. The van der Waals surface area contributed by atoms with Crippen molar-refractivity contribution in [3.8, 4) is 11.1 Å². The molecule has 5 atom stereocenters. The van der Waals surface area contributed by atoms with Crippen molar-refractivity contribution in [2.45, 2.75) is 82.8 Å². The summed E-state index contributed by atoms with van der Waals surface area (Å²) in [4.78, 5) is 25.3. The Morgan fingerprint density at radius 2 is 1.52 bits per heavy atom. The number of benzene rings is 4. The number of aliphatic hydroxyl groups excluding tert-OH is 2. The number of likely N-dealkylation sites (N-methyl/N-ethyl adjacent to an activating group) is 1. The number of amides is 1. The molecule has 1 aliphatic rings. The van der Waals surface area contributed by atoms with Crippen LogP contribution in [-0.4, -0.2) is 57.8 Å². The Kier molecular flexibility index (Phi) is 13.3. The van der Waals surface area contributed by atoms with Gasteiger partial charge < -0.3 is 30.1 Å². The van der Waals surface area contributed by atoms with Crippen molar-refractivity contribution < 1.29 is 34.4 Å². The molecule has 0 bridgehead atoms. The predicted molar refractivity (Wildman–Crippen MR) is 192 cm³/mol. The monoisotopic (exact) mass is 680 g/mol. The van der Waals surface area contributed by atoms with E-state index >= 15 is 0 Å². The lowest BCUT2D eigenvalue weighted by Gasteiger charge is -2.39. The van der Waals surface area contributed by atoms with Crippen molar-refractivity contribution >= 4 is 11.9 Å². The van der Waals surface area contributed by atoms with Crippen molar-refractivity contribution in [2.75, 3.05) is 13.6 Å². The molecule has 5 rings (SSSR count). The SMILES string of the molecule is C[C@@H]([C@H](O)c1ccccc1)N(C)C[C@@H]1C[C@H](c2ccc(CO)cc2)O[C@H](c2ccc(-c3ccccc3CNC(=O)CCCCC(=O)O)cc2)O1. The highest BCUT2D eigenvalue weighted by atomic mass is 16.7. The van der Waals surface area contributed by atoms with Crippen LogP contribution in [-0.2, 0) is 32.2 Å². The second kappa shape index (κ2) is 18.0. The third-order valence-electron chi connectivity index (χ3n) is 9.43. The average molecular weight is 681 g/mol. The maximum atomic E-state index is 12.4. The van der Waals surface area contributed by atoms with E-state index in [0.717, 1.165) is 38.9 Å². The smallest absolute Gasteiger partial charge is 0.303 e. The molecule has 0 aliphatic carbocycles. The van der Waals surface area contributed by atoms with Crippen LogP contribution < -0.4 is 5.32 Å². The fraction of sp³-hybridized carbons (Fsp3) is 0.366. The first-order valence-electron chi connectivity index (χ1n) is 17.3. The second-order valence-electron chi connectivity index (χ2n) is 13.0. The van der Waals surface area contributed by atoms with Gasteiger partial charge in [0.1, 0.15) is 0 Å². The molecule has 0 spiro atoms. The highest BCUT2D eigenvalue weighted by Crippen LogP contribution is 2.39. The number of ether oxygens (including phenoxy) is 2. The minimum Gasteiger partial charge on any atom is -0.481 e. The Hall–Kier alpha value is -4.38. The van der Waals surface area contributed by atoms with E-state index in [4.69, 9.17) is 14.6 Å². The number of carbonyl (C=O) groups is 2. The fourth-order valence-electron chi connectivity index (χ4n) is 6.31. The van der Waals surface area contributed by atoms with Gasteiger partial charge in [-0.2, -0.15) is 0 Å². The van der Waals surface area contributed by atoms with Gasteiger partial charge in [0.2, 0.25) is 5.91 Å². The van der Waals surface area contributed by atoms with E-state index in [9.17, 15) is 19.8 Å². The molecule has 1 amide bonds. The molecule has 0 aromatic heterocycles. The molecule has 4 aromatic rings. The zero-order valence-electron chi connectivity index (χ0n) is 28.8. The van der Waals surface area contributed by atoms with Crippen molar-refractivity contribution in [3.05, 3.63) is 131 Å². The van der Waals surface area contributed by atoms with Crippen LogP contribution in [0.3, 0.4) is 0 Å². The number of hydrogen-bond donors (Lipinski definition) is 4. The third kappa shape index (κ3) is 10.1. The van der Waals surface area contributed by atoms with Gasteiger partial charge in [-0.05, 0) is 60.2 Å². The van der Waals surface area contributed by atoms with E-state index in [1.54, 1.807) is 0 Å². The second-order valence-corrected chi connectivity index (χ2v) is 13.0. The summed E-state index contributed by atoms with van der Waals surface area (Å²) in [5.74, 6) is -0.950. The lowest BCUT2D eigenvalue weighted by atomic mass is 9.97. The van der Waals surface area contributed by atoms with Crippen molar-refractivity contribution in [3.63, 3.8) is 0 Å². The highest BCUT2D eigenvalue weighted by molar-refractivity contribution is 5.76. The summed E-state index contributed by atoms with van der Waals surface area (Å²) in [6.45, 7) is 2.95. The topological polar surface area (TPSA) is 129 Å². The first-order chi connectivity index (χ1) is 24.2. The normalized spacial score (nSPS) is 18.8. The first-order valence-corrected chi connectivity index (χ1v) is 17.3. The third-order valence-corrected chi connectivity index (χ3v) is 9.43. The van der Waals surface area contributed by atoms with Crippen molar-refractivity contribution in [2.24, 2.45) is 0 Å². The van der Waals surface area contributed by atoms with E-state index in [1.807, 2.05) is 117 Å². The van der Waals surface area contributed by atoms with Crippen LogP contribution in [0.1, 0.15) is 85.3 Å². The van der Waals surface area contributed by atoms with E-state index in [0.29, 0.717) is 38.8 Å². The van der Waals surface area contributed by atoms with E-state index in [1.165, 1.54) is 0 Å². The summed E-state index contributed by atoms with van der Waals surface area (Å²) in [5.41, 5.74) is 6.57. The average Bonchev–Trinajstić information content (AvgIpc) is 3.15. The van der Waals surface area contributed by atoms with E-state index in [-0.39, 0.29) is 37.2 Å². The van der Waals surface area contributed by atoms with Crippen LogP contribution >= 0.6 is 0 Å². The fourth-order valence-corrected chi connectivity index (χ4v) is 6.31. The number of aliphatic hydroxyl groups is 2. The highest BCUT2D eigenvalue weighted by Gasteiger charge is 2.34. The van der Waals surface area contributed by atoms with Gasteiger partial charge in [0.25, 0.3) is 0 Å².